The van der Waals surface area contributed by atoms with Crippen LogP contribution in [0.15, 0.2) is 18.2 Å². The second kappa shape index (κ2) is 7.48. The van der Waals surface area contributed by atoms with Crippen molar-refractivity contribution in [1.82, 2.24) is 4.90 Å². The molecule has 5 heteroatoms. The van der Waals surface area contributed by atoms with Crippen LogP contribution in [0.5, 0.6) is 5.75 Å². The molecule has 1 aromatic rings. The fourth-order valence-electron chi connectivity index (χ4n) is 2.10. The lowest BCUT2D eigenvalue weighted by Crippen LogP contribution is -2.41. The number of carbonyl (C=O) groups excluding carboxylic acids is 1. The minimum Gasteiger partial charge on any atom is -0.507 e. The predicted molar refractivity (Wildman–Crippen MR) is 77.3 cm³/mol. The molecule has 0 atom stereocenters. The molecule has 0 fully saturated rings. The van der Waals surface area contributed by atoms with Crippen LogP contribution in [-0.4, -0.2) is 33.8 Å². The molecule has 0 saturated heterocycles. The Kier molecular flexibility index (Phi) is 6.28. The molecule has 1 amide bonds. The van der Waals surface area contributed by atoms with E-state index >= 15 is 0 Å². The van der Waals surface area contributed by atoms with Crippen LogP contribution in [0.4, 0.5) is 4.39 Å². The Bertz CT molecular complexity index is 435. The highest BCUT2D eigenvalue weighted by molar-refractivity contribution is 9.09. The van der Waals surface area contributed by atoms with E-state index in [1.54, 1.807) is 4.90 Å². The van der Waals surface area contributed by atoms with Crippen LogP contribution < -0.4 is 0 Å². The van der Waals surface area contributed by atoms with Gasteiger partial charge in [-0.15, -0.1) is 0 Å². The average molecular weight is 332 g/mol. The van der Waals surface area contributed by atoms with Crippen molar-refractivity contribution in [2.24, 2.45) is 0 Å². The standard InChI is InChI=1S/C14H19BrFNO2/c1-3-11(4-2)17(8-7-15)14(19)12-9-10(16)5-6-13(12)18/h5-6,9,11,18H,3-4,7-8H2,1-2H3. The summed E-state index contributed by atoms with van der Waals surface area (Å²) in [5, 5.41) is 10.4. The van der Waals surface area contributed by atoms with Crippen LogP contribution in [0, 0.1) is 5.82 Å². The number of halogens is 2. The molecule has 0 aliphatic carbocycles. The van der Waals surface area contributed by atoms with Gasteiger partial charge in [-0.2, -0.15) is 0 Å². The van der Waals surface area contributed by atoms with Crippen LogP contribution in [0.1, 0.15) is 37.0 Å². The summed E-state index contributed by atoms with van der Waals surface area (Å²) in [4.78, 5) is 14.1. The quantitative estimate of drug-likeness (QED) is 0.809. The summed E-state index contributed by atoms with van der Waals surface area (Å²) in [5.41, 5.74) is 0.0212. The summed E-state index contributed by atoms with van der Waals surface area (Å²) in [6, 6.07) is 3.52. The molecule has 0 aliphatic heterocycles. The van der Waals surface area contributed by atoms with Crippen LogP contribution in [-0.2, 0) is 0 Å². The van der Waals surface area contributed by atoms with Gasteiger partial charge in [-0.05, 0) is 31.0 Å². The van der Waals surface area contributed by atoms with Crippen molar-refractivity contribution in [3.63, 3.8) is 0 Å². The van der Waals surface area contributed by atoms with Gasteiger partial charge in [0.1, 0.15) is 11.6 Å². The maximum absolute atomic E-state index is 13.2. The number of phenolic OH excluding ortho intramolecular Hbond substituents is 1. The van der Waals surface area contributed by atoms with Crippen molar-refractivity contribution in [2.75, 3.05) is 11.9 Å². The number of phenols is 1. The third-order valence-electron chi connectivity index (χ3n) is 3.16. The molecule has 1 rings (SSSR count). The number of rotatable bonds is 6. The van der Waals surface area contributed by atoms with Crippen LogP contribution in [0.25, 0.3) is 0 Å². The molecule has 3 nitrogen and oxygen atoms in total. The number of hydrogen-bond donors (Lipinski definition) is 1. The highest BCUT2D eigenvalue weighted by atomic mass is 79.9. The Labute approximate surface area is 121 Å². The smallest absolute Gasteiger partial charge is 0.257 e. The number of alkyl halides is 1. The van der Waals surface area contributed by atoms with Crippen molar-refractivity contribution in [3.05, 3.63) is 29.6 Å². The zero-order valence-corrected chi connectivity index (χ0v) is 12.8. The van der Waals surface area contributed by atoms with Crippen molar-refractivity contribution >= 4 is 21.8 Å². The van der Waals surface area contributed by atoms with E-state index in [4.69, 9.17) is 0 Å². The Morgan fingerprint density at radius 3 is 2.58 bits per heavy atom. The lowest BCUT2D eigenvalue weighted by molar-refractivity contribution is 0.0679. The SMILES string of the molecule is CCC(CC)N(CCBr)C(=O)c1cc(F)ccc1O. The summed E-state index contributed by atoms with van der Waals surface area (Å²) < 4.78 is 13.2. The molecule has 1 N–H and O–H groups in total. The van der Waals surface area contributed by atoms with Gasteiger partial charge in [-0.3, -0.25) is 4.79 Å². The summed E-state index contributed by atoms with van der Waals surface area (Å²) >= 11 is 3.32. The number of hydrogen-bond acceptors (Lipinski definition) is 2. The Morgan fingerprint density at radius 1 is 1.42 bits per heavy atom. The zero-order valence-electron chi connectivity index (χ0n) is 11.2. The fraction of sp³-hybridized carbons (Fsp3) is 0.500. The van der Waals surface area contributed by atoms with Crippen LogP contribution in [0.3, 0.4) is 0 Å². The topological polar surface area (TPSA) is 40.5 Å². The molecule has 0 aromatic heterocycles. The second-order valence-corrected chi connectivity index (χ2v) is 5.11. The summed E-state index contributed by atoms with van der Waals surface area (Å²) in [7, 11) is 0. The molecule has 106 valence electrons. The first kappa shape index (κ1) is 16.0. The van der Waals surface area contributed by atoms with Gasteiger partial charge >= 0.3 is 0 Å². The summed E-state index contributed by atoms with van der Waals surface area (Å²) in [6.07, 6.45) is 1.65. The number of nitrogens with zero attached hydrogens (tertiary/aromatic N) is 1. The van der Waals surface area contributed by atoms with Crippen LogP contribution >= 0.6 is 15.9 Å². The van der Waals surface area contributed by atoms with Gasteiger partial charge in [0.05, 0.1) is 5.56 Å². The van der Waals surface area contributed by atoms with E-state index in [-0.39, 0.29) is 23.3 Å². The molecule has 0 bridgehead atoms. The highest BCUT2D eigenvalue weighted by Crippen LogP contribution is 2.22. The van der Waals surface area contributed by atoms with E-state index in [0.717, 1.165) is 25.0 Å². The number of carbonyl (C=O) groups is 1. The van der Waals surface area contributed by atoms with Gasteiger partial charge < -0.3 is 10.0 Å². The van der Waals surface area contributed by atoms with Gasteiger partial charge in [0, 0.05) is 17.9 Å². The van der Waals surface area contributed by atoms with Crippen LogP contribution in [0.2, 0.25) is 0 Å². The lowest BCUT2D eigenvalue weighted by Gasteiger charge is -2.30. The van der Waals surface area contributed by atoms with E-state index < -0.39 is 5.82 Å². The lowest BCUT2D eigenvalue weighted by atomic mass is 10.1. The van der Waals surface area contributed by atoms with Gasteiger partial charge in [0.25, 0.3) is 5.91 Å². The van der Waals surface area contributed by atoms with E-state index in [9.17, 15) is 14.3 Å². The molecule has 1 aromatic carbocycles. The van der Waals surface area contributed by atoms with Gasteiger partial charge in [-0.1, -0.05) is 29.8 Å². The normalized spacial score (nSPS) is 10.8. The Morgan fingerprint density at radius 2 is 2.05 bits per heavy atom. The molecule has 0 heterocycles. The van der Waals surface area contributed by atoms with Crippen molar-refractivity contribution in [1.29, 1.82) is 0 Å². The largest absolute Gasteiger partial charge is 0.507 e. The first-order valence-corrected chi connectivity index (χ1v) is 7.52. The minimum absolute atomic E-state index is 0.0212. The monoisotopic (exact) mass is 331 g/mol. The Balaban J connectivity index is 3.08. The molecular formula is C14H19BrFNO2. The molecular weight excluding hydrogens is 313 g/mol. The van der Waals surface area contributed by atoms with Crippen molar-refractivity contribution in [3.8, 4) is 5.75 Å². The van der Waals surface area contributed by atoms with E-state index in [1.807, 2.05) is 13.8 Å². The number of benzene rings is 1. The summed E-state index contributed by atoms with van der Waals surface area (Å²) in [5.74, 6) is -1.04. The van der Waals surface area contributed by atoms with E-state index in [2.05, 4.69) is 15.9 Å². The predicted octanol–water partition coefficient (Wildman–Crippen LogP) is 3.56. The Hall–Kier alpha value is -1.10. The average Bonchev–Trinajstić information content (AvgIpc) is 2.41. The van der Waals surface area contributed by atoms with Crippen molar-refractivity contribution in [2.45, 2.75) is 32.7 Å². The summed E-state index contributed by atoms with van der Waals surface area (Å²) in [6.45, 7) is 4.54. The van der Waals surface area contributed by atoms with E-state index in [0.29, 0.717) is 11.9 Å². The molecule has 0 aliphatic rings. The van der Waals surface area contributed by atoms with Gasteiger partial charge in [0.15, 0.2) is 0 Å². The second-order valence-electron chi connectivity index (χ2n) is 4.32. The fourth-order valence-corrected chi connectivity index (χ4v) is 2.49. The third-order valence-corrected chi connectivity index (χ3v) is 3.51. The third kappa shape index (κ3) is 3.93. The molecule has 0 unspecified atom stereocenters. The molecule has 19 heavy (non-hydrogen) atoms. The van der Waals surface area contributed by atoms with Crippen molar-refractivity contribution < 1.29 is 14.3 Å². The minimum atomic E-state index is -0.524. The molecule has 0 saturated carbocycles. The number of aromatic hydroxyl groups is 1. The zero-order chi connectivity index (χ0) is 14.4. The highest BCUT2D eigenvalue weighted by Gasteiger charge is 2.24. The van der Waals surface area contributed by atoms with Gasteiger partial charge in [0.2, 0.25) is 0 Å². The van der Waals surface area contributed by atoms with Gasteiger partial charge in [-0.25, -0.2) is 4.39 Å². The first-order chi connectivity index (χ1) is 9.04. The van der Waals surface area contributed by atoms with E-state index in [1.165, 1.54) is 6.07 Å². The molecule has 0 spiro atoms. The number of amides is 1. The molecule has 0 radical (unpaired) electrons. The maximum atomic E-state index is 13.2. The first-order valence-electron chi connectivity index (χ1n) is 6.40. The maximum Gasteiger partial charge on any atom is 0.257 e.